The first-order valence-electron chi connectivity index (χ1n) is 7.17. The second-order valence-corrected chi connectivity index (χ2v) is 8.66. The molecule has 7 nitrogen and oxygen atoms in total. The Morgan fingerprint density at radius 1 is 1.50 bits per heavy atom. The molecule has 24 heavy (non-hydrogen) atoms. The molecule has 0 aliphatic carbocycles. The number of halogens is 1. The van der Waals surface area contributed by atoms with Crippen molar-refractivity contribution in [2.75, 3.05) is 0 Å². The number of aromatic nitrogens is 2. The number of hydrogen-bond acceptors (Lipinski definition) is 5. The predicted molar refractivity (Wildman–Crippen MR) is 92.4 cm³/mol. The van der Waals surface area contributed by atoms with Crippen molar-refractivity contribution in [3.05, 3.63) is 32.2 Å². The van der Waals surface area contributed by atoms with Crippen LogP contribution in [0.15, 0.2) is 11.0 Å². The molecule has 2 aromatic heterocycles. The Morgan fingerprint density at radius 3 is 2.62 bits per heavy atom. The summed E-state index contributed by atoms with van der Waals surface area (Å²) in [6, 6.07) is 0.593. The normalized spacial score (nSPS) is 13.2. The van der Waals surface area contributed by atoms with Crippen molar-refractivity contribution in [3.8, 4) is 0 Å². The van der Waals surface area contributed by atoms with Gasteiger partial charge in [-0.05, 0) is 33.8 Å². The molecule has 0 spiro atoms. The van der Waals surface area contributed by atoms with Crippen molar-refractivity contribution in [1.82, 2.24) is 14.5 Å². The molecule has 0 aliphatic rings. The van der Waals surface area contributed by atoms with Crippen LogP contribution in [0.1, 0.15) is 46.5 Å². The molecule has 0 saturated heterocycles. The number of carbonyl (C=O) groups is 1. The first-order valence-corrected chi connectivity index (χ1v) is 9.85. The number of carboxylic acid groups (broad SMARTS) is 1. The van der Waals surface area contributed by atoms with Crippen molar-refractivity contribution in [2.24, 2.45) is 0 Å². The van der Waals surface area contributed by atoms with E-state index < -0.39 is 22.0 Å². The highest BCUT2D eigenvalue weighted by Crippen LogP contribution is 2.31. The van der Waals surface area contributed by atoms with Crippen molar-refractivity contribution < 1.29 is 18.3 Å². The van der Waals surface area contributed by atoms with Crippen LogP contribution in [0.5, 0.6) is 0 Å². The fourth-order valence-corrected chi connectivity index (χ4v) is 5.56. The number of carboxylic acids is 1. The highest BCUT2D eigenvalue weighted by atomic mass is 35.5. The Balaban J connectivity index is 2.40. The topological polar surface area (TPSA) is 101 Å². The van der Waals surface area contributed by atoms with E-state index in [1.54, 1.807) is 11.6 Å². The quantitative estimate of drug-likeness (QED) is 0.788. The monoisotopic (exact) mass is 391 g/mol. The first-order chi connectivity index (χ1) is 11.1. The molecule has 0 bridgehead atoms. The lowest BCUT2D eigenvalue weighted by atomic mass is 10.1. The van der Waals surface area contributed by atoms with E-state index in [0.29, 0.717) is 17.9 Å². The summed E-state index contributed by atoms with van der Waals surface area (Å²) in [5, 5.41) is 13.5. The third-order valence-corrected chi connectivity index (χ3v) is 6.60. The number of hydrogen-bond donors (Lipinski definition) is 2. The number of sulfonamides is 1. The van der Waals surface area contributed by atoms with Gasteiger partial charge < -0.3 is 5.11 Å². The number of thiophene rings is 1. The summed E-state index contributed by atoms with van der Waals surface area (Å²) in [5.74, 6) is -1.33. The Kier molecular flexibility index (Phi) is 5.38. The van der Waals surface area contributed by atoms with Gasteiger partial charge in [0.1, 0.15) is 9.77 Å². The molecule has 2 N–H and O–H groups in total. The summed E-state index contributed by atoms with van der Waals surface area (Å²) in [7, 11) is -4.04. The highest BCUT2D eigenvalue weighted by molar-refractivity contribution is 7.89. The number of nitrogens with one attached hydrogen (secondary N) is 1. The molecule has 0 saturated carbocycles. The van der Waals surface area contributed by atoms with Crippen LogP contribution < -0.4 is 4.72 Å². The van der Waals surface area contributed by atoms with Crippen LogP contribution in [0, 0.1) is 13.8 Å². The zero-order chi connectivity index (χ0) is 18.2. The molecule has 2 heterocycles. The van der Waals surface area contributed by atoms with Crippen molar-refractivity contribution in [2.45, 2.75) is 45.2 Å². The molecule has 1 unspecified atom stereocenters. The molecule has 10 heteroatoms. The molecular weight excluding hydrogens is 374 g/mol. The van der Waals surface area contributed by atoms with E-state index in [4.69, 9.17) is 16.7 Å². The number of aryl methyl sites for hydroxylation is 2. The summed E-state index contributed by atoms with van der Waals surface area (Å²) < 4.78 is 29.6. The molecule has 2 aromatic rings. The maximum absolute atomic E-state index is 12.6. The third kappa shape index (κ3) is 3.49. The lowest BCUT2D eigenvalue weighted by Gasteiger charge is -2.15. The summed E-state index contributed by atoms with van der Waals surface area (Å²) in [4.78, 5) is 10.6. The zero-order valence-corrected chi connectivity index (χ0v) is 16.0. The van der Waals surface area contributed by atoms with E-state index in [9.17, 15) is 13.2 Å². The number of rotatable bonds is 6. The average molecular weight is 392 g/mol. The summed E-state index contributed by atoms with van der Waals surface area (Å²) >= 11 is 6.51. The first kappa shape index (κ1) is 18.9. The molecule has 0 aromatic carbocycles. The molecule has 0 amide bonds. The molecule has 0 radical (unpaired) electrons. The van der Waals surface area contributed by atoms with E-state index in [0.717, 1.165) is 23.0 Å². The van der Waals surface area contributed by atoms with Crippen LogP contribution in [-0.2, 0) is 16.6 Å². The lowest BCUT2D eigenvalue weighted by Crippen LogP contribution is -2.28. The summed E-state index contributed by atoms with van der Waals surface area (Å²) in [5.41, 5.74) is 2.37. The van der Waals surface area contributed by atoms with Crippen LogP contribution >= 0.6 is 22.9 Å². The maximum Gasteiger partial charge on any atom is 0.347 e. The van der Waals surface area contributed by atoms with Gasteiger partial charge in [-0.2, -0.15) is 5.10 Å². The molecular formula is C14H18ClN3O4S2. The van der Waals surface area contributed by atoms with Gasteiger partial charge in [0.2, 0.25) is 10.0 Å². The SMILES string of the molecule is CCn1nc(C)c(C(C)NS(=O)(=O)c2cc(Cl)sc2C(=O)O)c1C. The van der Waals surface area contributed by atoms with E-state index in [1.165, 1.54) is 0 Å². The Bertz CT molecular complexity index is 886. The molecule has 0 aliphatic heterocycles. The molecule has 132 valence electrons. The van der Waals surface area contributed by atoms with Crippen LogP contribution in [0.2, 0.25) is 4.34 Å². The minimum atomic E-state index is -4.04. The second-order valence-electron chi connectivity index (χ2n) is 5.29. The van der Waals surface area contributed by atoms with E-state index in [2.05, 4.69) is 9.82 Å². The van der Waals surface area contributed by atoms with Crippen LogP contribution in [0.4, 0.5) is 0 Å². The molecule has 0 fully saturated rings. The average Bonchev–Trinajstić information content (AvgIpc) is 2.99. The van der Waals surface area contributed by atoms with Gasteiger partial charge in [-0.3, -0.25) is 4.68 Å². The van der Waals surface area contributed by atoms with Crippen LogP contribution in [0.3, 0.4) is 0 Å². The maximum atomic E-state index is 12.6. The number of nitrogens with zero attached hydrogens (tertiary/aromatic N) is 2. The van der Waals surface area contributed by atoms with Gasteiger partial charge in [0.05, 0.1) is 10.0 Å². The smallest absolute Gasteiger partial charge is 0.347 e. The summed E-state index contributed by atoms with van der Waals surface area (Å²) in [6.45, 7) is 8.00. The fourth-order valence-electron chi connectivity index (χ4n) is 2.69. The van der Waals surface area contributed by atoms with Gasteiger partial charge in [0.25, 0.3) is 0 Å². The van der Waals surface area contributed by atoms with Crippen molar-refractivity contribution >= 4 is 38.9 Å². The fraction of sp³-hybridized carbons (Fsp3) is 0.429. The number of aromatic carboxylic acids is 1. The van der Waals surface area contributed by atoms with E-state index >= 15 is 0 Å². The summed E-state index contributed by atoms with van der Waals surface area (Å²) in [6.07, 6.45) is 0. The van der Waals surface area contributed by atoms with E-state index in [1.807, 2.05) is 20.8 Å². The largest absolute Gasteiger partial charge is 0.477 e. The van der Waals surface area contributed by atoms with Crippen molar-refractivity contribution in [3.63, 3.8) is 0 Å². The van der Waals surface area contributed by atoms with Gasteiger partial charge in [-0.1, -0.05) is 11.6 Å². The van der Waals surface area contributed by atoms with Gasteiger partial charge in [0, 0.05) is 23.8 Å². The minimum absolute atomic E-state index is 0.103. The van der Waals surface area contributed by atoms with Crippen molar-refractivity contribution in [1.29, 1.82) is 0 Å². The minimum Gasteiger partial charge on any atom is -0.477 e. The van der Waals surface area contributed by atoms with Gasteiger partial charge in [-0.15, -0.1) is 11.3 Å². The highest BCUT2D eigenvalue weighted by Gasteiger charge is 2.29. The van der Waals surface area contributed by atoms with Crippen LogP contribution in [0.25, 0.3) is 0 Å². The Labute approximate surface area is 149 Å². The zero-order valence-electron chi connectivity index (χ0n) is 13.6. The standard InChI is InChI=1S/C14H18ClN3O4S2/c1-5-18-9(4)12(7(2)16-18)8(3)17-24(21,22)10-6-11(15)23-13(10)14(19)20/h6,8,17H,5H2,1-4H3,(H,19,20). The van der Waals surface area contributed by atoms with Gasteiger partial charge in [0.15, 0.2) is 0 Å². The molecule has 2 rings (SSSR count). The second kappa shape index (κ2) is 6.83. The van der Waals surface area contributed by atoms with E-state index in [-0.39, 0.29) is 14.1 Å². The van der Waals surface area contributed by atoms with Gasteiger partial charge >= 0.3 is 5.97 Å². The lowest BCUT2D eigenvalue weighted by molar-refractivity contribution is 0.0698. The van der Waals surface area contributed by atoms with Gasteiger partial charge in [-0.25, -0.2) is 17.9 Å². The Morgan fingerprint density at radius 2 is 2.12 bits per heavy atom. The third-order valence-electron chi connectivity index (χ3n) is 3.65. The van der Waals surface area contributed by atoms with Crippen LogP contribution in [-0.4, -0.2) is 29.3 Å². The Hall–Kier alpha value is -1.42. The predicted octanol–water partition coefficient (Wildman–Crippen LogP) is 2.97. The molecule has 1 atom stereocenters.